The molecule has 0 saturated carbocycles. The van der Waals surface area contributed by atoms with Gasteiger partial charge in [0.1, 0.15) is 12.6 Å². The monoisotopic (exact) mass is 478 g/mol. The van der Waals surface area contributed by atoms with E-state index in [1.807, 2.05) is 56.3 Å². The van der Waals surface area contributed by atoms with Gasteiger partial charge in [0.15, 0.2) is 6.04 Å². The number of carboxylic acid groups (broad SMARTS) is 1. The molecule has 0 aromatic heterocycles. The van der Waals surface area contributed by atoms with Gasteiger partial charge < -0.3 is 24.8 Å². The van der Waals surface area contributed by atoms with Crippen molar-refractivity contribution in [2.24, 2.45) is 0 Å². The van der Waals surface area contributed by atoms with Gasteiger partial charge in [-0.1, -0.05) is 60.2 Å². The first-order chi connectivity index (χ1) is 16.9. The summed E-state index contributed by atoms with van der Waals surface area (Å²) in [6.07, 6.45) is 1.35. The normalized spacial score (nSPS) is 17.7. The Labute approximate surface area is 204 Å². The third kappa shape index (κ3) is 5.38. The number of nitrogens with one attached hydrogen (secondary N) is 1. The van der Waals surface area contributed by atoms with Gasteiger partial charge in [-0.05, 0) is 42.5 Å². The Morgan fingerprint density at radius 3 is 2.34 bits per heavy atom. The van der Waals surface area contributed by atoms with Crippen LogP contribution in [0.5, 0.6) is 0 Å². The molecule has 4 rings (SSSR count). The van der Waals surface area contributed by atoms with Crippen molar-refractivity contribution in [1.82, 2.24) is 10.2 Å². The van der Waals surface area contributed by atoms with Gasteiger partial charge in [0, 0.05) is 12.5 Å². The zero-order valence-corrected chi connectivity index (χ0v) is 19.9. The highest BCUT2D eigenvalue weighted by Gasteiger charge is 2.37. The summed E-state index contributed by atoms with van der Waals surface area (Å²) in [7, 11) is 0. The molecule has 2 amide bonds. The zero-order chi connectivity index (χ0) is 24.9. The van der Waals surface area contributed by atoms with Crippen LogP contribution in [0, 0.1) is 0 Å². The zero-order valence-electron chi connectivity index (χ0n) is 19.9. The quantitative estimate of drug-likeness (QED) is 0.590. The molecule has 2 atom stereocenters. The number of nitrogens with zero attached hydrogens (tertiary/aromatic N) is 1. The number of amides is 2. The van der Waals surface area contributed by atoms with E-state index in [4.69, 9.17) is 9.47 Å². The molecule has 2 aromatic carbocycles. The fraction of sp³-hybridized carbons (Fsp3) is 0.370. The largest absolute Gasteiger partial charge is 0.480 e. The lowest BCUT2D eigenvalue weighted by molar-refractivity contribution is -0.159. The molecule has 1 aliphatic heterocycles. The molecule has 2 unspecified atom stereocenters. The van der Waals surface area contributed by atoms with E-state index in [2.05, 4.69) is 17.4 Å². The summed E-state index contributed by atoms with van der Waals surface area (Å²) in [6.45, 7) is 4.22. The van der Waals surface area contributed by atoms with Gasteiger partial charge in [0.25, 0.3) is 0 Å². The van der Waals surface area contributed by atoms with Crippen LogP contribution in [0.3, 0.4) is 0 Å². The molecule has 2 N–H and O–H groups in total. The number of morpholine rings is 1. The van der Waals surface area contributed by atoms with Crippen LogP contribution < -0.4 is 5.32 Å². The van der Waals surface area contributed by atoms with Crippen LogP contribution in [0.4, 0.5) is 4.79 Å². The number of fused-ring (bicyclic) bond motifs is 3. The minimum Gasteiger partial charge on any atom is -0.480 e. The molecule has 0 radical (unpaired) electrons. The second-order valence-corrected chi connectivity index (χ2v) is 9.00. The van der Waals surface area contributed by atoms with Crippen molar-refractivity contribution < 1.29 is 29.0 Å². The van der Waals surface area contributed by atoms with Crippen LogP contribution >= 0.6 is 0 Å². The van der Waals surface area contributed by atoms with Crippen molar-refractivity contribution in [2.75, 3.05) is 26.4 Å². The third-order valence-corrected chi connectivity index (χ3v) is 6.39. The number of benzene rings is 2. The predicted molar refractivity (Wildman–Crippen MR) is 130 cm³/mol. The summed E-state index contributed by atoms with van der Waals surface area (Å²) in [6, 6.07) is 14.1. The summed E-state index contributed by atoms with van der Waals surface area (Å²) >= 11 is 0. The van der Waals surface area contributed by atoms with Crippen molar-refractivity contribution in [3.63, 3.8) is 0 Å². The fourth-order valence-corrected chi connectivity index (χ4v) is 4.63. The second kappa shape index (κ2) is 10.7. The highest BCUT2D eigenvalue weighted by atomic mass is 16.5. The number of ether oxygens (including phenoxy) is 2. The Hall–Kier alpha value is -3.65. The number of alkyl carbamates (subject to hydrolysis) is 1. The molecule has 8 nitrogen and oxygen atoms in total. The topological polar surface area (TPSA) is 105 Å². The SMILES string of the molecule is CC(C)=CCC(NC(=O)OCC1c2ccccc2-c2ccccc21)C(=O)N1CCOCC1C(=O)O. The second-order valence-electron chi connectivity index (χ2n) is 9.00. The number of carbonyl (C=O) groups excluding carboxylic acids is 2. The number of aliphatic carboxylic acids is 1. The van der Waals surface area contributed by atoms with Gasteiger partial charge in [0.05, 0.1) is 13.2 Å². The molecule has 1 aliphatic carbocycles. The molecule has 0 bridgehead atoms. The standard InChI is InChI=1S/C27H30N2O6/c1-17(2)11-12-23(25(30)29-13-14-34-16-24(29)26(31)32)28-27(33)35-15-22-20-9-5-3-7-18(20)19-8-4-6-10-21(19)22/h3-11,22-24H,12-16H2,1-2H3,(H,28,33)(H,31,32). The molecule has 1 heterocycles. The van der Waals surface area contributed by atoms with E-state index in [0.717, 1.165) is 27.8 Å². The summed E-state index contributed by atoms with van der Waals surface area (Å²) in [5.74, 6) is -1.71. The van der Waals surface area contributed by atoms with Gasteiger partial charge in [0.2, 0.25) is 5.91 Å². The van der Waals surface area contributed by atoms with E-state index in [9.17, 15) is 19.5 Å². The van der Waals surface area contributed by atoms with E-state index in [1.165, 1.54) is 4.90 Å². The maximum atomic E-state index is 13.3. The van der Waals surface area contributed by atoms with E-state index in [-0.39, 0.29) is 38.7 Å². The summed E-state index contributed by atoms with van der Waals surface area (Å²) in [5, 5.41) is 12.2. The number of rotatable bonds is 7. The van der Waals surface area contributed by atoms with E-state index < -0.39 is 30.1 Å². The van der Waals surface area contributed by atoms with Crippen molar-refractivity contribution in [2.45, 2.75) is 38.3 Å². The molecule has 2 aliphatic rings. The number of carboxylic acids is 1. The third-order valence-electron chi connectivity index (χ3n) is 6.39. The summed E-state index contributed by atoms with van der Waals surface area (Å²) in [4.78, 5) is 39.0. The lowest BCUT2D eigenvalue weighted by Crippen LogP contribution is -2.58. The summed E-state index contributed by atoms with van der Waals surface area (Å²) < 4.78 is 10.8. The number of allylic oxidation sites excluding steroid dienone is 1. The molecule has 1 fully saturated rings. The van der Waals surface area contributed by atoms with Crippen molar-refractivity contribution in [3.8, 4) is 11.1 Å². The highest BCUT2D eigenvalue weighted by molar-refractivity contribution is 5.89. The van der Waals surface area contributed by atoms with E-state index in [0.29, 0.717) is 0 Å². The highest BCUT2D eigenvalue weighted by Crippen LogP contribution is 2.44. The number of hydrogen-bond acceptors (Lipinski definition) is 5. The smallest absolute Gasteiger partial charge is 0.407 e. The van der Waals surface area contributed by atoms with Crippen LogP contribution in [0.1, 0.15) is 37.3 Å². The van der Waals surface area contributed by atoms with Crippen LogP contribution in [0.25, 0.3) is 11.1 Å². The Bertz CT molecular complexity index is 1090. The maximum absolute atomic E-state index is 13.3. The maximum Gasteiger partial charge on any atom is 0.407 e. The minimum atomic E-state index is -1.14. The molecule has 35 heavy (non-hydrogen) atoms. The number of carbonyl (C=O) groups is 3. The van der Waals surface area contributed by atoms with Gasteiger partial charge in [-0.3, -0.25) is 4.79 Å². The Kier molecular flexibility index (Phi) is 7.51. The van der Waals surface area contributed by atoms with Gasteiger partial charge in [-0.2, -0.15) is 0 Å². The summed E-state index contributed by atoms with van der Waals surface area (Å²) in [5.41, 5.74) is 5.42. The lowest BCUT2D eigenvalue weighted by atomic mass is 9.98. The Morgan fingerprint density at radius 1 is 1.11 bits per heavy atom. The predicted octanol–water partition coefficient (Wildman–Crippen LogP) is 3.56. The van der Waals surface area contributed by atoms with E-state index >= 15 is 0 Å². The molecule has 0 spiro atoms. The molecule has 1 saturated heterocycles. The van der Waals surface area contributed by atoms with Crippen LogP contribution in [0.2, 0.25) is 0 Å². The average Bonchev–Trinajstić information content (AvgIpc) is 3.18. The van der Waals surface area contributed by atoms with Gasteiger partial charge in [-0.25, -0.2) is 9.59 Å². The molecular weight excluding hydrogens is 448 g/mol. The van der Waals surface area contributed by atoms with Crippen LogP contribution in [-0.2, 0) is 19.1 Å². The fourth-order valence-electron chi connectivity index (χ4n) is 4.63. The van der Waals surface area contributed by atoms with Gasteiger partial charge in [-0.15, -0.1) is 0 Å². The van der Waals surface area contributed by atoms with Crippen molar-refractivity contribution in [3.05, 3.63) is 71.3 Å². The molecule has 184 valence electrons. The average molecular weight is 479 g/mol. The van der Waals surface area contributed by atoms with Crippen LogP contribution in [-0.4, -0.2) is 66.4 Å². The van der Waals surface area contributed by atoms with Crippen LogP contribution in [0.15, 0.2) is 60.2 Å². The Balaban J connectivity index is 1.46. The molecular formula is C27H30N2O6. The Morgan fingerprint density at radius 2 is 1.74 bits per heavy atom. The van der Waals surface area contributed by atoms with Crippen molar-refractivity contribution >= 4 is 18.0 Å². The van der Waals surface area contributed by atoms with Crippen molar-refractivity contribution in [1.29, 1.82) is 0 Å². The first kappa shape index (κ1) is 24.5. The molecule has 8 heteroatoms. The van der Waals surface area contributed by atoms with E-state index in [1.54, 1.807) is 0 Å². The number of hydrogen-bond donors (Lipinski definition) is 2. The van der Waals surface area contributed by atoms with Gasteiger partial charge >= 0.3 is 12.1 Å². The first-order valence-corrected chi connectivity index (χ1v) is 11.7. The molecule has 2 aromatic rings. The lowest BCUT2D eigenvalue weighted by Gasteiger charge is -2.35. The minimum absolute atomic E-state index is 0.0820. The first-order valence-electron chi connectivity index (χ1n) is 11.7.